The smallest absolute Gasteiger partial charge is 0.143 e. The predicted molar refractivity (Wildman–Crippen MR) is 111 cm³/mol. The number of aliphatic hydroxyl groups excluding tert-OH is 1. The molecule has 144 valence electrons. The summed E-state index contributed by atoms with van der Waals surface area (Å²) in [6.07, 6.45) is 6.68. The average Bonchev–Trinajstić information content (AvgIpc) is 3.12. The van der Waals surface area contributed by atoms with Gasteiger partial charge in [-0.2, -0.15) is 0 Å². The number of imidazole rings is 1. The highest BCUT2D eigenvalue weighted by Gasteiger charge is 2.24. The number of benzene rings is 1. The average molecular weight is 385 g/mol. The van der Waals surface area contributed by atoms with Gasteiger partial charge in [0.1, 0.15) is 12.4 Å². The summed E-state index contributed by atoms with van der Waals surface area (Å²) in [5.41, 5.74) is 2.36. The molecule has 0 fully saturated rings. The first kappa shape index (κ1) is 19.9. The SMILES string of the molecule is CC(C)(CCSc1cccc2nccn12)CC(Cc1ccccc1)OCO. The molecule has 0 saturated carbocycles. The Bertz CT molecular complexity index is 832. The van der Waals surface area contributed by atoms with Crippen LogP contribution in [0.3, 0.4) is 0 Å². The van der Waals surface area contributed by atoms with Crippen molar-refractivity contribution in [3.8, 4) is 0 Å². The van der Waals surface area contributed by atoms with Crippen molar-refractivity contribution in [2.75, 3.05) is 12.5 Å². The van der Waals surface area contributed by atoms with Crippen molar-refractivity contribution in [2.45, 2.75) is 44.2 Å². The van der Waals surface area contributed by atoms with Crippen molar-refractivity contribution in [3.63, 3.8) is 0 Å². The van der Waals surface area contributed by atoms with Crippen molar-refractivity contribution < 1.29 is 9.84 Å². The normalized spacial score (nSPS) is 13.1. The number of hydrogen-bond donors (Lipinski definition) is 1. The number of nitrogens with zero attached hydrogens (tertiary/aromatic N) is 2. The quantitative estimate of drug-likeness (QED) is 0.402. The number of pyridine rings is 1. The van der Waals surface area contributed by atoms with Crippen LogP contribution in [0, 0.1) is 5.41 Å². The third kappa shape index (κ3) is 5.83. The maximum Gasteiger partial charge on any atom is 0.143 e. The standard InChI is InChI=1S/C22H28N2O2S/c1-22(2,16-19(26-17-25)15-18-7-4-3-5-8-18)11-14-27-21-10-6-9-20-23-12-13-24(20)21/h3-10,12-13,19,25H,11,14-17H2,1-2H3. The summed E-state index contributed by atoms with van der Waals surface area (Å²) in [5, 5.41) is 10.5. The fourth-order valence-electron chi connectivity index (χ4n) is 3.36. The van der Waals surface area contributed by atoms with Crippen LogP contribution in [0.4, 0.5) is 0 Å². The van der Waals surface area contributed by atoms with Gasteiger partial charge in [-0.15, -0.1) is 11.8 Å². The molecule has 0 bridgehead atoms. The highest BCUT2D eigenvalue weighted by molar-refractivity contribution is 7.99. The minimum absolute atomic E-state index is 0.0227. The molecule has 0 radical (unpaired) electrons. The molecule has 0 aliphatic rings. The Morgan fingerprint density at radius 1 is 1.15 bits per heavy atom. The molecule has 0 amide bonds. The van der Waals surface area contributed by atoms with E-state index in [9.17, 15) is 5.11 Å². The lowest BCUT2D eigenvalue weighted by Crippen LogP contribution is -2.26. The molecule has 2 aromatic heterocycles. The third-order valence-corrected chi connectivity index (χ3v) is 5.85. The Labute approximate surface area is 165 Å². The molecular weight excluding hydrogens is 356 g/mol. The molecule has 1 unspecified atom stereocenters. The highest BCUT2D eigenvalue weighted by atomic mass is 32.2. The summed E-state index contributed by atoms with van der Waals surface area (Å²) >= 11 is 1.86. The largest absolute Gasteiger partial charge is 0.371 e. The van der Waals surface area contributed by atoms with Gasteiger partial charge >= 0.3 is 0 Å². The number of ether oxygens (including phenoxy) is 1. The van der Waals surface area contributed by atoms with E-state index in [0.717, 1.165) is 30.7 Å². The molecule has 1 N–H and O–H groups in total. The van der Waals surface area contributed by atoms with Crippen LogP contribution in [0.15, 0.2) is 66.0 Å². The number of fused-ring (bicyclic) bond motifs is 1. The first-order chi connectivity index (χ1) is 13.1. The van der Waals surface area contributed by atoms with E-state index < -0.39 is 0 Å². The van der Waals surface area contributed by atoms with Crippen molar-refractivity contribution >= 4 is 17.4 Å². The van der Waals surface area contributed by atoms with Gasteiger partial charge in [-0.05, 0) is 48.1 Å². The lowest BCUT2D eigenvalue weighted by molar-refractivity contribution is -0.0641. The number of aromatic nitrogens is 2. The topological polar surface area (TPSA) is 46.8 Å². The van der Waals surface area contributed by atoms with E-state index in [1.807, 2.05) is 48.4 Å². The summed E-state index contributed by atoms with van der Waals surface area (Å²) in [6.45, 7) is 4.33. The molecule has 27 heavy (non-hydrogen) atoms. The van der Waals surface area contributed by atoms with E-state index in [1.165, 1.54) is 10.6 Å². The van der Waals surface area contributed by atoms with Crippen molar-refractivity contribution in [1.29, 1.82) is 0 Å². The Hall–Kier alpha value is -1.82. The Kier molecular flexibility index (Phi) is 6.94. The van der Waals surface area contributed by atoms with Crippen LogP contribution in [0.2, 0.25) is 0 Å². The molecule has 5 heteroatoms. The third-order valence-electron chi connectivity index (χ3n) is 4.82. The van der Waals surface area contributed by atoms with Crippen LogP contribution in [-0.2, 0) is 11.2 Å². The fourth-order valence-corrected chi connectivity index (χ4v) is 4.69. The lowest BCUT2D eigenvalue weighted by Gasteiger charge is -2.29. The molecule has 3 aromatic rings. The summed E-state index contributed by atoms with van der Waals surface area (Å²) in [4.78, 5) is 4.35. The van der Waals surface area contributed by atoms with Crippen LogP contribution >= 0.6 is 11.8 Å². The van der Waals surface area contributed by atoms with E-state index in [-0.39, 0.29) is 18.3 Å². The van der Waals surface area contributed by atoms with Gasteiger partial charge < -0.3 is 9.84 Å². The maximum atomic E-state index is 9.28. The molecule has 0 aliphatic carbocycles. The minimum atomic E-state index is -0.231. The molecule has 0 saturated heterocycles. The maximum absolute atomic E-state index is 9.28. The molecular formula is C22H28N2O2S. The zero-order valence-corrected chi connectivity index (χ0v) is 16.9. The van der Waals surface area contributed by atoms with E-state index in [0.29, 0.717) is 0 Å². The van der Waals surface area contributed by atoms with Gasteiger partial charge in [0.2, 0.25) is 0 Å². The Balaban J connectivity index is 1.55. The van der Waals surface area contributed by atoms with Gasteiger partial charge in [-0.25, -0.2) is 4.98 Å². The van der Waals surface area contributed by atoms with Crippen molar-refractivity contribution in [1.82, 2.24) is 9.38 Å². The number of aliphatic hydroxyl groups is 1. The van der Waals surface area contributed by atoms with Crippen molar-refractivity contribution in [3.05, 3.63) is 66.5 Å². The summed E-state index contributed by atoms with van der Waals surface area (Å²) < 4.78 is 7.76. The van der Waals surface area contributed by atoms with E-state index in [2.05, 4.69) is 47.5 Å². The monoisotopic (exact) mass is 384 g/mol. The first-order valence-corrected chi connectivity index (χ1v) is 10.4. The summed E-state index contributed by atoms with van der Waals surface area (Å²) in [6, 6.07) is 16.6. The predicted octanol–water partition coefficient (Wildman–Crippen LogP) is 4.81. The van der Waals surface area contributed by atoms with Gasteiger partial charge in [0.15, 0.2) is 0 Å². The Morgan fingerprint density at radius 2 is 1.96 bits per heavy atom. The molecule has 3 rings (SSSR count). The van der Waals surface area contributed by atoms with Gasteiger partial charge in [-0.1, -0.05) is 50.2 Å². The van der Waals surface area contributed by atoms with Crippen LogP contribution in [0.1, 0.15) is 32.3 Å². The zero-order valence-electron chi connectivity index (χ0n) is 16.0. The van der Waals surface area contributed by atoms with Gasteiger partial charge in [-0.3, -0.25) is 4.40 Å². The van der Waals surface area contributed by atoms with Crippen molar-refractivity contribution in [2.24, 2.45) is 5.41 Å². The van der Waals surface area contributed by atoms with E-state index >= 15 is 0 Å². The number of hydrogen-bond acceptors (Lipinski definition) is 4. The fraction of sp³-hybridized carbons (Fsp3) is 0.409. The van der Waals surface area contributed by atoms with Crippen LogP contribution in [-0.4, -0.2) is 33.1 Å². The van der Waals surface area contributed by atoms with Crippen LogP contribution in [0.5, 0.6) is 0 Å². The highest BCUT2D eigenvalue weighted by Crippen LogP contribution is 2.32. The molecule has 1 aromatic carbocycles. The zero-order chi connectivity index (χ0) is 19.1. The molecule has 0 spiro atoms. The minimum Gasteiger partial charge on any atom is -0.371 e. The van der Waals surface area contributed by atoms with E-state index in [1.54, 1.807) is 0 Å². The van der Waals surface area contributed by atoms with Crippen LogP contribution in [0.25, 0.3) is 5.65 Å². The molecule has 0 aliphatic heterocycles. The molecule has 1 atom stereocenters. The van der Waals surface area contributed by atoms with Gasteiger partial charge in [0.05, 0.1) is 11.1 Å². The van der Waals surface area contributed by atoms with Crippen LogP contribution < -0.4 is 0 Å². The van der Waals surface area contributed by atoms with E-state index in [4.69, 9.17) is 4.74 Å². The molecule has 4 nitrogen and oxygen atoms in total. The number of rotatable bonds is 10. The lowest BCUT2D eigenvalue weighted by atomic mass is 9.82. The molecule has 2 heterocycles. The second kappa shape index (κ2) is 9.40. The van der Waals surface area contributed by atoms with Gasteiger partial charge in [0.25, 0.3) is 0 Å². The van der Waals surface area contributed by atoms with Gasteiger partial charge in [0, 0.05) is 12.4 Å². The Morgan fingerprint density at radius 3 is 2.74 bits per heavy atom. The number of thioether (sulfide) groups is 1. The first-order valence-electron chi connectivity index (χ1n) is 9.39. The summed E-state index contributed by atoms with van der Waals surface area (Å²) in [7, 11) is 0. The second-order valence-corrected chi connectivity index (χ2v) is 8.71. The second-order valence-electron chi connectivity index (χ2n) is 7.59. The summed E-state index contributed by atoms with van der Waals surface area (Å²) in [5.74, 6) is 1.03.